The summed E-state index contributed by atoms with van der Waals surface area (Å²) in [5.74, 6) is 0.326. The van der Waals surface area contributed by atoms with Crippen LogP contribution in [0.2, 0.25) is 0 Å². The lowest BCUT2D eigenvalue weighted by Gasteiger charge is -2.48. The van der Waals surface area contributed by atoms with Gasteiger partial charge in [-0.25, -0.2) is 0 Å². The molecule has 2 aromatic carbocycles. The van der Waals surface area contributed by atoms with Gasteiger partial charge in [0, 0.05) is 18.4 Å². The van der Waals surface area contributed by atoms with Crippen molar-refractivity contribution in [2.75, 3.05) is 13.6 Å². The predicted octanol–water partition coefficient (Wildman–Crippen LogP) is -0.393. The van der Waals surface area contributed by atoms with E-state index in [1.54, 1.807) is 12.1 Å². The number of quaternary nitrogens is 1. The van der Waals surface area contributed by atoms with Gasteiger partial charge in [-0.3, -0.25) is 0 Å². The van der Waals surface area contributed by atoms with Gasteiger partial charge in [-0.05, 0) is 35.4 Å². The van der Waals surface area contributed by atoms with Gasteiger partial charge in [-0.2, -0.15) is 0 Å². The molecule has 3 N–H and O–H groups in total. The Labute approximate surface area is 146 Å². The van der Waals surface area contributed by atoms with Crippen LogP contribution in [-0.2, 0) is 19.4 Å². The number of nitrogens with zero attached hydrogens (tertiary/aromatic N) is 1. The number of aromatic hydroxyl groups is 3. The minimum Gasteiger partial charge on any atom is -1.00 e. The van der Waals surface area contributed by atoms with Crippen molar-refractivity contribution in [3.63, 3.8) is 0 Å². The van der Waals surface area contributed by atoms with E-state index in [1.807, 2.05) is 18.2 Å². The molecule has 0 amide bonds. The van der Waals surface area contributed by atoms with Crippen molar-refractivity contribution >= 4 is 0 Å². The Kier molecular flexibility index (Phi) is 3.81. The van der Waals surface area contributed by atoms with Crippen molar-refractivity contribution in [2.45, 2.75) is 25.4 Å². The average Bonchev–Trinajstić information content (AvgIpc) is 2.50. The molecule has 2 aliphatic heterocycles. The second-order valence-electron chi connectivity index (χ2n) is 6.79. The molecule has 2 unspecified atom stereocenters. The molecule has 0 saturated heterocycles. The normalized spacial score (nSPS) is 24.8. The molecule has 0 aliphatic carbocycles. The van der Waals surface area contributed by atoms with E-state index in [1.165, 1.54) is 11.1 Å². The molecule has 0 bridgehead atoms. The minimum atomic E-state index is -0.0360. The molecule has 2 heterocycles. The van der Waals surface area contributed by atoms with Gasteiger partial charge in [0.1, 0.15) is 18.3 Å². The molecule has 0 saturated carbocycles. The lowest BCUT2D eigenvalue weighted by molar-refractivity contribution is -0.956. The Morgan fingerprint density at radius 3 is 2.61 bits per heavy atom. The largest absolute Gasteiger partial charge is 1.00 e. The van der Waals surface area contributed by atoms with Gasteiger partial charge in [0.25, 0.3) is 0 Å². The SMILES string of the molecule is C[N+]12CCc3cc(O)ccc3C1Cc1ccc(O)c(O)c1C2.[Br-]. The lowest BCUT2D eigenvalue weighted by atomic mass is 9.81. The third kappa shape index (κ3) is 2.39. The fraction of sp³-hybridized carbons (Fsp3) is 0.333. The van der Waals surface area contributed by atoms with Crippen LogP contribution in [0.4, 0.5) is 0 Å². The zero-order valence-corrected chi connectivity index (χ0v) is 14.5. The first-order valence-electron chi connectivity index (χ1n) is 7.66. The van der Waals surface area contributed by atoms with Gasteiger partial charge < -0.3 is 36.8 Å². The number of halogens is 1. The first kappa shape index (κ1) is 16.1. The van der Waals surface area contributed by atoms with E-state index in [4.69, 9.17) is 0 Å². The first-order chi connectivity index (χ1) is 10.5. The first-order valence-corrected chi connectivity index (χ1v) is 7.66. The van der Waals surface area contributed by atoms with E-state index in [0.717, 1.165) is 41.5 Å². The highest BCUT2D eigenvalue weighted by molar-refractivity contribution is 5.50. The van der Waals surface area contributed by atoms with Crippen LogP contribution >= 0.6 is 0 Å². The third-order valence-corrected chi connectivity index (χ3v) is 5.42. The zero-order valence-electron chi connectivity index (χ0n) is 13.0. The van der Waals surface area contributed by atoms with Gasteiger partial charge in [-0.1, -0.05) is 6.07 Å². The van der Waals surface area contributed by atoms with Crippen molar-refractivity contribution < 1.29 is 36.8 Å². The Morgan fingerprint density at radius 2 is 1.83 bits per heavy atom. The van der Waals surface area contributed by atoms with E-state index >= 15 is 0 Å². The van der Waals surface area contributed by atoms with E-state index in [0.29, 0.717) is 11.8 Å². The molecule has 122 valence electrons. The molecule has 0 fully saturated rings. The number of phenolic OH excluding ortho intramolecular Hbond substituents is 3. The van der Waals surface area contributed by atoms with Gasteiger partial charge in [-0.15, -0.1) is 0 Å². The van der Waals surface area contributed by atoms with Crippen LogP contribution in [0.1, 0.15) is 28.3 Å². The monoisotopic (exact) mass is 377 g/mol. The van der Waals surface area contributed by atoms with E-state index in [2.05, 4.69) is 7.05 Å². The van der Waals surface area contributed by atoms with E-state index in [-0.39, 0.29) is 28.5 Å². The molecule has 23 heavy (non-hydrogen) atoms. The molecule has 2 atom stereocenters. The second kappa shape index (κ2) is 5.42. The molecule has 0 radical (unpaired) electrons. The van der Waals surface area contributed by atoms with Crippen LogP contribution in [0.3, 0.4) is 0 Å². The second-order valence-corrected chi connectivity index (χ2v) is 6.79. The average molecular weight is 378 g/mol. The summed E-state index contributed by atoms with van der Waals surface area (Å²) in [6, 6.07) is 9.50. The van der Waals surface area contributed by atoms with Crippen molar-refractivity contribution in [3.8, 4) is 17.2 Å². The van der Waals surface area contributed by atoms with Crippen LogP contribution < -0.4 is 17.0 Å². The number of hydrogen-bond acceptors (Lipinski definition) is 3. The van der Waals surface area contributed by atoms with Gasteiger partial charge >= 0.3 is 0 Å². The summed E-state index contributed by atoms with van der Waals surface area (Å²) < 4.78 is 0.835. The van der Waals surface area contributed by atoms with Gasteiger partial charge in [0.2, 0.25) is 0 Å². The standard InChI is InChI=1S/C18H19NO3.BrH/c1-19-7-6-12-8-13(20)3-4-14(12)16(19)9-11-2-5-17(21)18(22)15(11)10-19;/h2-5,8,16H,6-7,9-10H2,1H3,(H2-,20,21,22);1H. The molecular formula is C18H20BrNO3. The third-order valence-electron chi connectivity index (χ3n) is 5.42. The van der Waals surface area contributed by atoms with Crippen LogP contribution in [0, 0.1) is 0 Å². The Balaban J connectivity index is 0.00000156. The van der Waals surface area contributed by atoms with Gasteiger partial charge in [0.05, 0.1) is 19.2 Å². The summed E-state index contributed by atoms with van der Waals surface area (Å²) in [5, 5.41) is 29.7. The highest BCUT2D eigenvalue weighted by atomic mass is 79.9. The highest BCUT2D eigenvalue weighted by Crippen LogP contribution is 2.46. The summed E-state index contributed by atoms with van der Waals surface area (Å²) in [6.07, 6.45) is 1.77. The highest BCUT2D eigenvalue weighted by Gasteiger charge is 2.43. The predicted molar refractivity (Wildman–Crippen MR) is 82.8 cm³/mol. The molecule has 4 rings (SSSR count). The summed E-state index contributed by atoms with van der Waals surface area (Å²) in [7, 11) is 2.22. The maximum atomic E-state index is 10.2. The number of rotatable bonds is 0. The fourth-order valence-electron chi connectivity index (χ4n) is 4.12. The number of fused-ring (bicyclic) bond motifs is 4. The van der Waals surface area contributed by atoms with Crippen LogP contribution in [0.5, 0.6) is 17.2 Å². The smallest absolute Gasteiger partial charge is 0.166 e. The summed E-state index contributed by atoms with van der Waals surface area (Å²) in [6.45, 7) is 1.69. The number of phenols is 3. The summed E-state index contributed by atoms with van der Waals surface area (Å²) >= 11 is 0. The Morgan fingerprint density at radius 1 is 1.04 bits per heavy atom. The summed E-state index contributed by atoms with van der Waals surface area (Å²) in [4.78, 5) is 0. The van der Waals surface area contributed by atoms with E-state index < -0.39 is 0 Å². The Hall–Kier alpha value is -1.72. The van der Waals surface area contributed by atoms with Crippen molar-refractivity contribution in [3.05, 3.63) is 52.6 Å². The number of benzene rings is 2. The molecule has 4 nitrogen and oxygen atoms in total. The molecule has 0 aromatic heterocycles. The maximum Gasteiger partial charge on any atom is 0.166 e. The lowest BCUT2D eigenvalue weighted by Crippen LogP contribution is -3.00. The quantitative estimate of drug-likeness (QED) is 0.432. The number of hydrogen-bond donors (Lipinski definition) is 3. The molecule has 2 aliphatic rings. The summed E-state index contributed by atoms with van der Waals surface area (Å²) in [5.41, 5.74) is 4.51. The molecule has 5 heteroatoms. The molecular weight excluding hydrogens is 358 g/mol. The number of likely N-dealkylation sites (N-methyl/N-ethyl adjacent to an activating group) is 1. The van der Waals surface area contributed by atoms with E-state index in [9.17, 15) is 15.3 Å². The maximum absolute atomic E-state index is 10.2. The van der Waals surface area contributed by atoms with Crippen LogP contribution in [0.15, 0.2) is 30.3 Å². The van der Waals surface area contributed by atoms with Crippen LogP contribution in [0.25, 0.3) is 0 Å². The zero-order chi connectivity index (χ0) is 15.5. The van der Waals surface area contributed by atoms with Crippen molar-refractivity contribution in [1.82, 2.24) is 0 Å². The topological polar surface area (TPSA) is 60.7 Å². The van der Waals surface area contributed by atoms with Crippen molar-refractivity contribution in [1.29, 1.82) is 0 Å². The Bertz CT molecular complexity index is 777. The fourth-order valence-corrected chi connectivity index (χ4v) is 4.12. The van der Waals surface area contributed by atoms with Crippen LogP contribution in [-0.4, -0.2) is 33.4 Å². The molecule has 0 spiro atoms. The molecule has 2 aromatic rings. The van der Waals surface area contributed by atoms with Crippen molar-refractivity contribution in [2.24, 2.45) is 0 Å². The van der Waals surface area contributed by atoms with Gasteiger partial charge in [0.15, 0.2) is 11.5 Å². The minimum absolute atomic E-state index is 0.